The van der Waals surface area contributed by atoms with E-state index in [1.165, 1.54) is 22.1 Å². The van der Waals surface area contributed by atoms with Gasteiger partial charge in [-0.2, -0.15) is 4.31 Å². The predicted octanol–water partition coefficient (Wildman–Crippen LogP) is 3.27. The van der Waals surface area contributed by atoms with Crippen molar-refractivity contribution in [2.45, 2.75) is 55.8 Å². The Kier molecular flexibility index (Phi) is 5.62. The molecule has 2 fully saturated rings. The molecule has 1 saturated carbocycles. The molecule has 24 heavy (non-hydrogen) atoms. The third kappa shape index (κ3) is 4.00. The first-order chi connectivity index (χ1) is 11.5. The minimum atomic E-state index is -3.48. The Bertz CT molecular complexity index is 656. The topological polar surface area (TPSA) is 63.7 Å². The van der Waals surface area contributed by atoms with Gasteiger partial charge in [0.2, 0.25) is 0 Å². The van der Waals surface area contributed by atoms with Gasteiger partial charge >= 0.3 is 5.97 Å². The van der Waals surface area contributed by atoms with Crippen molar-refractivity contribution in [1.29, 1.82) is 0 Å². The summed E-state index contributed by atoms with van der Waals surface area (Å²) in [4.78, 5) is 12.5. The van der Waals surface area contributed by atoms with E-state index < -0.39 is 10.0 Å². The molecule has 1 aliphatic carbocycles. The van der Waals surface area contributed by atoms with Crippen molar-refractivity contribution in [3.8, 4) is 0 Å². The number of carbonyl (C=O) groups is 1. The van der Waals surface area contributed by atoms with Crippen LogP contribution in [0.2, 0.25) is 0 Å². The lowest BCUT2D eigenvalue weighted by Gasteiger charge is -2.32. The number of ether oxygens (including phenoxy) is 1. The first-order valence-electron chi connectivity index (χ1n) is 8.71. The first-order valence-corrected chi connectivity index (χ1v) is 11.0. The quantitative estimate of drug-likeness (QED) is 0.762. The summed E-state index contributed by atoms with van der Waals surface area (Å²) in [6.45, 7) is 2.90. The van der Waals surface area contributed by atoms with Crippen LogP contribution in [0.25, 0.3) is 0 Å². The predicted molar refractivity (Wildman–Crippen MR) is 93.3 cm³/mol. The lowest BCUT2D eigenvalue weighted by molar-refractivity contribution is -0.157. The minimum Gasteiger partial charge on any atom is -0.462 e. The van der Waals surface area contributed by atoms with Gasteiger partial charge in [-0.3, -0.25) is 4.79 Å². The molecule has 3 atom stereocenters. The van der Waals surface area contributed by atoms with E-state index in [1.807, 2.05) is 0 Å². The summed E-state index contributed by atoms with van der Waals surface area (Å²) in [6.07, 6.45) is 5.57. The molecule has 0 bridgehead atoms. The Balaban J connectivity index is 1.62. The standard InChI is InChI=1S/C17H25NO4S2/c1-13-5-2-7-15(11-13)22-17(19)14-6-3-9-18(12-14)24(20,21)16-8-4-10-23-16/h4,8,10,13-15H,2-3,5-7,9,11-12H2,1H3. The van der Waals surface area contributed by atoms with Crippen molar-refractivity contribution >= 4 is 27.3 Å². The summed E-state index contributed by atoms with van der Waals surface area (Å²) in [7, 11) is -3.48. The monoisotopic (exact) mass is 371 g/mol. The molecule has 2 aliphatic rings. The molecular formula is C17H25NO4S2. The minimum absolute atomic E-state index is 0.00512. The van der Waals surface area contributed by atoms with E-state index in [1.54, 1.807) is 17.5 Å². The molecule has 0 aromatic carbocycles. The van der Waals surface area contributed by atoms with Crippen molar-refractivity contribution in [2.24, 2.45) is 11.8 Å². The molecule has 5 nitrogen and oxygen atoms in total. The number of sulfonamides is 1. The van der Waals surface area contributed by atoms with Gasteiger partial charge in [0.15, 0.2) is 0 Å². The molecule has 1 saturated heterocycles. The second-order valence-electron chi connectivity index (χ2n) is 6.96. The van der Waals surface area contributed by atoms with Gasteiger partial charge in [0.25, 0.3) is 10.0 Å². The van der Waals surface area contributed by atoms with Gasteiger partial charge in [0.05, 0.1) is 5.92 Å². The second-order valence-corrected chi connectivity index (χ2v) is 10.1. The highest BCUT2D eigenvalue weighted by Crippen LogP contribution is 2.29. The summed E-state index contributed by atoms with van der Waals surface area (Å²) in [5.74, 6) is 0.0320. The third-order valence-electron chi connectivity index (χ3n) is 4.98. The largest absolute Gasteiger partial charge is 0.462 e. The summed E-state index contributed by atoms with van der Waals surface area (Å²) in [6, 6.07) is 3.35. The Hall–Kier alpha value is -0.920. The Morgan fingerprint density at radius 2 is 2.12 bits per heavy atom. The molecule has 1 aromatic heterocycles. The van der Waals surface area contributed by atoms with Crippen LogP contribution in [0.5, 0.6) is 0 Å². The van der Waals surface area contributed by atoms with E-state index >= 15 is 0 Å². The fourth-order valence-electron chi connectivity index (χ4n) is 3.64. The number of thiophene rings is 1. The van der Waals surface area contributed by atoms with Crippen LogP contribution in [-0.2, 0) is 19.6 Å². The van der Waals surface area contributed by atoms with Crippen molar-refractivity contribution in [2.75, 3.05) is 13.1 Å². The molecule has 2 heterocycles. The maximum Gasteiger partial charge on any atom is 0.310 e. The molecular weight excluding hydrogens is 346 g/mol. The molecule has 0 N–H and O–H groups in total. The third-order valence-corrected chi connectivity index (χ3v) is 8.22. The van der Waals surface area contributed by atoms with E-state index in [4.69, 9.17) is 4.74 Å². The highest BCUT2D eigenvalue weighted by atomic mass is 32.2. The summed E-state index contributed by atoms with van der Waals surface area (Å²) in [5.41, 5.74) is 0. The number of nitrogens with zero attached hydrogens (tertiary/aromatic N) is 1. The molecule has 0 amide bonds. The summed E-state index contributed by atoms with van der Waals surface area (Å²) >= 11 is 1.22. The fourth-order valence-corrected chi connectivity index (χ4v) is 6.30. The van der Waals surface area contributed by atoms with Crippen LogP contribution in [0.15, 0.2) is 21.7 Å². The van der Waals surface area contributed by atoms with Crippen LogP contribution in [0, 0.1) is 11.8 Å². The van der Waals surface area contributed by atoms with Gasteiger partial charge in [0.1, 0.15) is 10.3 Å². The number of rotatable bonds is 4. The van der Waals surface area contributed by atoms with Crippen molar-refractivity contribution in [1.82, 2.24) is 4.31 Å². The van der Waals surface area contributed by atoms with E-state index in [2.05, 4.69) is 6.92 Å². The first kappa shape index (κ1) is 17.9. The number of esters is 1. The van der Waals surface area contributed by atoms with Gasteiger partial charge in [0, 0.05) is 13.1 Å². The molecule has 0 radical (unpaired) electrons. The molecule has 3 rings (SSSR count). The van der Waals surface area contributed by atoms with Crippen molar-refractivity contribution in [3.05, 3.63) is 17.5 Å². The fraction of sp³-hybridized carbons (Fsp3) is 0.706. The van der Waals surface area contributed by atoms with Crippen LogP contribution < -0.4 is 0 Å². The van der Waals surface area contributed by atoms with Crippen LogP contribution in [0.1, 0.15) is 45.4 Å². The molecule has 7 heteroatoms. The lowest BCUT2D eigenvalue weighted by atomic mass is 9.88. The van der Waals surface area contributed by atoms with Crippen LogP contribution >= 0.6 is 11.3 Å². The maximum atomic E-state index is 12.6. The van der Waals surface area contributed by atoms with Gasteiger partial charge in [-0.1, -0.05) is 19.4 Å². The van der Waals surface area contributed by atoms with Gasteiger partial charge < -0.3 is 4.74 Å². The Morgan fingerprint density at radius 3 is 2.83 bits per heavy atom. The normalized spacial score (nSPS) is 29.3. The highest BCUT2D eigenvalue weighted by Gasteiger charge is 2.35. The Labute approximate surface area is 148 Å². The average molecular weight is 372 g/mol. The van der Waals surface area contributed by atoms with E-state index in [9.17, 15) is 13.2 Å². The van der Waals surface area contributed by atoms with Gasteiger partial charge in [-0.25, -0.2) is 8.42 Å². The lowest BCUT2D eigenvalue weighted by Crippen LogP contribution is -2.43. The molecule has 1 aliphatic heterocycles. The second kappa shape index (κ2) is 7.54. The number of carbonyl (C=O) groups excluding carboxylic acids is 1. The molecule has 134 valence electrons. The number of hydrogen-bond donors (Lipinski definition) is 0. The van der Waals surface area contributed by atoms with Crippen molar-refractivity contribution < 1.29 is 17.9 Å². The molecule has 1 aromatic rings. The van der Waals surface area contributed by atoms with Gasteiger partial charge in [-0.05, 0) is 49.5 Å². The smallest absolute Gasteiger partial charge is 0.310 e. The van der Waals surface area contributed by atoms with Crippen LogP contribution in [-0.4, -0.2) is 37.9 Å². The average Bonchev–Trinajstić information content (AvgIpc) is 3.10. The van der Waals surface area contributed by atoms with E-state index in [0.29, 0.717) is 29.5 Å². The van der Waals surface area contributed by atoms with Gasteiger partial charge in [-0.15, -0.1) is 11.3 Å². The van der Waals surface area contributed by atoms with E-state index in [0.717, 1.165) is 19.3 Å². The number of hydrogen-bond acceptors (Lipinski definition) is 5. The van der Waals surface area contributed by atoms with E-state index in [-0.39, 0.29) is 24.5 Å². The zero-order valence-corrected chi connectivity index (χ0v) is 15.7. The molecule has 0 spiro atoms. The zero-order chi connectivity index (χ0) is 17.2. The van der Waals surface area contributed by atoms with Crippen LogP contribution in [0.4, 0.5) is 0 Å². The van der Waals surface area contributed by atoms with Crippen molar-refractivity contribution in [3.63, 3.8) is 0 Å². The highest BCUT2D eigenvalue weighted by molar-refractivity contribution is 7.91. The molecule has 3 unspecified atom stereocenters. The summed E-state index contributed by atoms with van der Waals surface area (Å²) in [5, 5.41) is 1.76. The van der Waals surface area contributed by atoms with Crippen LogP contribution in [0.3, 0.4) is 0 Å². The SMILES string of the molecule is CC1CCCC(OC(=O)C2CCCN(S(=O)(=O)c3cccs3)C2)C1. The maximum absolute atomic E-state index is 12.6. The Morgan fingerprint density at radius 1 is 1.29 bits per heavy atom. The zero-order valence-electron chi connectivity index (χ0n) is 14.0. The number of piperidine rings is 1. The summed E-state index contributed by atoms with van der Waals surface area (Å²) < 4.78 is 32.7.